The Kier molecular flexibility index (Phi) is 6.36. The van der Waals surface area contributed by atoms with Crippen LogP contribution in [0.5, 0.6) is 5.75 Å². The Morgan fingerprint density at radius 1 is 1.28 bits per heavy atom. The van der Waals surface area contributed by atoms with Crippen LogP contribution < -0.4 is 15.8 Å². The van der Waals surface area contributed by atoms with Crippen LogP contribution in [0.2, 0.25) is 0 Å². The van der Waals surface area contributed by atoms with Crippen molar-refractivity contribution < 1.29 is 4.74 Å². The molecule has 1 rings (SSSR count). The van der Waals surface area contributed by atoms with Gasteiger partial charge in [-0.3, -0.25) is 0 Å². The van der Waals surface area contributed by atoms with E-state index in [-0.39, 0.29) is 0 Å². The molecule has 0 amide bonds. The molecular formula is C14H25N3O. The molecular weight excluding hydrogens is 226 g/mol. The predicted octanol–water partition coefficient (Wildman–Crippen LogP) is 2.42. The van der Waals surface area contributed by atoms with Gasteiger partial charge in [0.2, 0.25) is 0 Å². The summed E-state index contributed by atoms with van der Waals surface area (Å²) in [5, 5.41) is 3.39. The fourth-order valence-electron chi connectivity index (χ4n) is 1.90. The summed E-state index contributed by atoms with van der Waals surface area (Å²) in [6, 6.07) is 5.79. The maximum Gasteiger partial charge on any atom is 0.143 e. The molecule has 0 aliphatic heterocycles. The molecule has 0 aliphatic carbocycles. The quantitative estimate of drug-likeness (QED) is 0.550. The van der Waals surface area contributed by atoms with Crippen LogP contribution in [0, 0.1) is 0 Å². The summed E-state index contributed by atoms with van der Waals surface area (Å²) in [6.45, 7) is 8.72. The van der Waals surface area contributed by atoms with Crippen LogP contribution in [0.4, 0.5) is 11.4 Å². The van der Waals surface area contributed by atoms with E-state index >= 15 is 0 Å². The van der Waals surface area contributed by atoms with Gasteiger partial charge in [-0.2, -0.15) is 0 Å². The number of hydrogen-bond acceptors (Lipinski definition) is 4. The van der Waals surface area contributed by atoms with Crippen molar-refractivity contribution in [1.82, 2.24) is 4.90 Å². The smallest absolute Gasteiger partial charge is 0.143 e. The van der Waals surface area contributed by atoms with Crippen LogP contribution in [0.3, 0.4) is 0 Å². The highest BCUT2D eigenvalue weighted by Crippen LogP contribution is 2.24. The maximum atomic E-state index is 5.77. The minimum absolute atomic E-state index is 0.672. The normalized spacial score (nSPS) is 10.7. The molecule has 3 N–H and O–H groups in total. The lowest BCUT2D eigenvalue weighted by Crippen LogP contribution is -2.25. The molecule has 18 heavy (non-hydrogen) atoms. The van der Waals surface area contributed by atoms with E-state index in [0.717, 1.165) is 44.0 Å². The van der Waals surface area contributed by atoms with E-state index in [1.54, 1.807) is 7.11 Å². The van der Waals surface area contributed by atoms with Crippen molar-refractivity contribution in [3.63, 3.8) is 0 Å². The zero-order valence-corrected chi connectivity index (χ0v) is 11.7. The van der Waals surface area contributed by atoms with Crippen LogP contribution in [-0.4, -0.2) is 38.2 Å². The van der Waals surface area contributed by atoms with E-state index in [1.807, 2.05) is 18.2 Å². The largest absolute Gasteiger partial charge is 0.495 e. The standard InChI is InChI=1S/C14H25N3O/c1-4-17(5-2)10-6-9-16-12-7-8-13(15)14(11-12)18-3/h7-8,11,16H,4-6,9-10,15H2,1-3H3. The highest BCUT2D eigenvalue weighted by Gasteiger charge is 2.01. The van der Waals surface area contributed by atoms with Crippen molar-refractivity contribution in [2.45, 2.75) is 20.3 Å². The first kappa shape index (κ1) is 14.6. The molecule has 0 radical (unpaired) electrons. The fraction of sp³-hybridized carbons (Fsp3) is 0.571. The predicted molar refractivity (Wildman–Crippen MR) is 78.3 cm³/mol. The number of nitrogen functional groups attached to an aromatic ring is 1. The summed E-state index contributed by atoms with van der Waals surface area (Å²) >= 11 is 0. The summed E-state index contributed by atoms with van der Waals surface area (Å²) in [5.74, 6) is 0.726. The van der Waals surface area contributed by atoms with Gasteiger partial charge in [0.05, 0.1) is 12.8 Å². The van der Waals surface area contributed by atoms with E-state index < -0.39 is 0 Å². The number of methoxy groups -OCH3 is 1. The highest BCUT2D eigenvalue weighted by atomic mass is 16.5. The summed E-state index contributed by atoms with van der Waals surface area (Å²) in [4.78, 5) is 2.42. The van der Waals surface area contributed by atoms with E-state index in [9.17, 15) is 0 Å². The first-order valence-electron chi connectivity index (χ1n) is 6.61. The topological polar surface area (TPSA) is 50.5 Å². The number of rotatable bonds is 8. The lowest BCUT2D eigenvalue weighted by molar-refractivity contribution is 0.303. The minimum atomic E-state index is 0.672. The van der Waals surface area contributed by atoms with Crippen LogP contribution in [0.1, 0.15) is 20.3 Å². The Morgan fingerprint density at radius 2 is 2.00 bits per heavy atom. The van der Waals surface area contributed by atoms with Gasteiger partial charge < -0.3 is 20.7 Å². The Balaban J connectivity index is 2.35. The summed E-state index contributed by atoms with van der Waals surface area (Å²) in [6.07, 6.45) is 1.13. The summed E-state index contributed by atoms with van der Waals surface area (Å²) < 4.78 is 5.19. The van der Waals surface area contributed by atoms with Crippen molar-refractivity contribution in [1.29, 1.82) is 0 Å². The molecule has 0 unspecified atom stereocenters. The SMILES string of the molecule is CCN(CC)CCCNc1ccc(N)c(OC)c1. The molecule has 0 fully saturated rings. The number of hydrogen-bond donors (Lipinski definition) is 2. The van der Waals surface area contributed by atoms with E-state index in [4.69, 9.17) is 10.5 Å². The monoisotopic (exact) mass is 251 g/mol. The van der Waals surface area contributed by atoms with Crippen molar-refractivity contribution in [3.8, 4) is 5.75 Å². The Bertz CT molecular complexity index is 351. The number of nitrogens with one attached hydrogen (secondary N) is 1. The number of anilines is 2. The highest BCUT2D eigenvalue weighted by molar-refractivity contribution is 5.61. The number of ether oxygens (including phenoxy) is 1. The second kappa shape index (κ2) is 7.82. The molecule has 0 aromatic heterocycles. The molecule has 0 heterocycles. The van der Waals surface area contributed by atoms with E-state index in [0.29, 0.717) is 5.69 Å². The van der Waals surface area contributed by atoms with Gasteiger partial charge in [-0.05, 0) is 38.2 Å². The molecule has 1 aromatic carbocycles. The molecule has 0 bridgehead atoms. The van der Waals surface area contributed by atoms with Crippen LogP contribution in [0.25, 0.3) is 0 Å². The van der Waals surface area contributed by atoms with E-state index in [1.165, 1.54) is 0 Å². The number of nitrogens with zero attached hydrogens (tertiary/aromatic N) is 1. The van der Waals surface area contributed by atoms with Gasteiger partial charge in [0.25, 0.3) is 0 Å². The second-order valence-corrected chi connectivity index (χ2v) is 4.26. The van der Waals surface area contributed by atoms with Gasteiger partial charge in [-0.1, -0.05) is 13.8 Å². The zero-order valence-electron chi connectivity index (χ0n) is 11.7. The Hall–Kier alpha value is -1.42. The Labute approximate surface area is 110 Å². The van der Waals surface area contributed by atoms with E-state index in [2.05, 4.69) is 24.1 Å². The lowest BCUT2D eigenvalue weighted by Gasteiger charge is -2.18. The molecule has 0 saturated heterocycles. The van der Waals surface area contributed by atoms with Crippen LogP contribution in [-0.2, 0) is 0 Å². The van der Waals surface area contributed by atoms with Crippen molar-refractivity contribution >= 4 is 11.4 Å². The van der Waals surface area contributed by atoms with Crippen LogP contribution >= 0.6 is 0 Å². The molecule has 4 nitrogen and oxygen atoms in total. The molecule has 0 saturated carbocycles. The average molecular weight is 251 g/mol. The molecule has 102 valence electrons. The molecule has 0 spiro atoms. The van der Waals surface area contributed by atoms with Crippen molar-refractivity contribution in [2.75, 3.05) is 44.3 Å². The summed E-state index contributed by atoms with van der Waals surface area (Å²) in [7, 11) is 1.63. The van der Waals surface area contributed by atoms with Crippen molar-refractivity contribution in [2.24, 2.45) is 0 Å². The third-order valence-electron chi connectivity index (χ3n) is 3.11. The molecule has 1 aromatic rings. The Morgan fingerprint density at radius 3 is 2.61 bits per heavy atom. The average Bonchev–Trinajstić information content (AvgIpc) is 2.40. The minimum Gasteiger partial charge on any atom is -0.495 e. The summed E-state index contributed by atoms with van der Waals surface area (Å²) in [5.41, 5.74) is 7.50. The van der Waals surface area contributed by atoms with Gasteiger partial charge in [-0.25, -0.2) is 0 Å². The zero-order chi connectivity index (χ0) is 13.4. The van der Waals surface area contributed by atoms with Crippen LogP contribution in [0.15, 0.2) is 18.2 Å². The van der Waals surface area contributed by atoms with Gasteiger partial charge in [0.1, 0.15) is 5.75 Å². The molecule has 0 aliphatic rings. The second-order valence-electron chi connectivity index (χ2n) is 4.26. The number of benzene rings is 1. The first-order valence-corrected chi connectivity index (χ1v) is 6.61. The van der Waals surface area contributed by atoms with Gasteiger partial charge in [-0.15, -0.1) is 0 Å². The van der Waals surface area contributed by atoms with Gasteiger partial charge >= 0.3 is 0 Å². The van der Waals surface area contributed by atoms with Gasteiger partial charge in [0, 0.05) is 18.3 Å². The molecule has 4 heteroatoms. The maximum absolute atomic E-state index is 5.77. The number of nitrogens with two attached hydrogens (primary N) is 1. The van der Waals surface area contributed by atoms with Gasteiger partial charge in [0.15, 0.2) is 0 Å². The fourth-order valence-corrected chi connectivity index (χ4v) is 1.90. The van der Waals surface area contributed by atoms with Crippen molar-refractivity contribution in [3.05, 3.63) is 18.2 Å². The lowest BCUT2D eigenvalue weighted by atomic mass is 10.2. The first-order chi connectivity index (χ1) is 8.71. The third-order valence-corrected chi connectivity index (χ3v) is 3.11. The third kappa shape index (κ3) is 4.45. The molecule has 0 atom stereocenters.